The van der Waals surface area contributed by atoms with Crippen LogP contribution in [0.5, 0.6) is 0 Å². The fraction of sp³-hybridized carbons (Fsp3) is 0.500. The van der Waals surface area contributed by atoms with Gasteiger partial charge in [-0.3, -0.25) is 9.59 Å². The molecule has 4 heteroatoms. The molecule has 20 heavy (non-hydrogen) atoms. The molecule has 1 aromatic carbocycles. The molecular weight excluding hydrogens is 252 g/mol. The van der Waals surface area contributed by atoms with Crippen molar-refractivity contribution in [1.29, 1.82) is 0 Å². The molecule has 4 nitrogen and oxygen atoms in total. The Bertz CT molecular complexity index is 469. The van der Waals surface area contributed by atoms with Crippen molar-refractivity contribution in [3.8, 4) is 0 Å². The van der Waals surface area contributed by atoms with Gasteiger partial charge in [-0.25, -0.2) is 0 Å². The quantitative estimate of drug-likeness (QED) is 0.865. The largest absolute Gasteiger partial charge is 0.324 e. The minimum absolute atomic E-state index is 0.00954. The third-order valence-corrected chi connectivity index (χ3v) is 3.12. The molecule has 0 aliphatic rings. The van der Waals surface area contributed by atoms with Gasteiger partial charge in [-0.15, -0.1) is 0 Å². The highest BCUT2D eigenvalue weighted by Gasteiger charge is 2.17. The lowest BCUT2D eigenvalue weighted by Crippen LogP contribution is -2.31. The van der Waals surface area contributed by atoms with Crippen molar-refractivity contribution in [2.45, 2.75) is 40.0 Å². The number of para-hydroxylation sites is 2. The van der Waals surface area contributed by atoms with E-state index in [9.17, 15) is 9.59 Å². The number of rotatable bonds is 6. The van der Waals surface area contributed by atoms with Gasteiger partial charge in [0.2, 0.25) is 11.8 Å². The van der Waals surface area contributed by atoms with Gasteiger partial charge in [-0.05, 0) is 18.6 Å². The first-order valence-corrected chi connectivity index (χ1v) is 7.13. The van der Waals surface area contributed by atoms with Crippen molar-refractivity contribution in [1.82, 2.24) is 0 Å². The maximum atomic E-state index is 12.1. The summed E-state index contributed by atoms with van der Waals surface area (Å²) in [5.74, 6) is -0.0613. The Hall–Kier alpha value is -1.84. The summed E-state index contributed by atoms with van der Waals surface area (Å²) in [5.41, 5.74) is 1.42. The molecular formula is C16H24N2O2. The summed E-state index contributed by atoms with van der Waals surface area (Å²) < 4.78 is 0. The van der Waals surface area contributed by atoms with Gasteiger partial charge in [-0.2, -0.15) is 0 Å². The van der Waals surface area contributed by atoms with E-state index in [4.69, 9.17) is 0 Å². The Labute approximate surface area is 121 Å². The molecule has 1 aromatic rings. The second-order valence-corrected chi connectivity index (χ2v) is 5.22. The zero-order valence-corrected chi connectivity index (χ0v) is 12.8. The molecule has 0 aliphatic heterocycles. The topological polar surface area (TPSA) is 49.4 Å². The summed E-state index contributed by atoms with van der Waals surface area (Å²) in [6.45, 7) is 5.78. The zero-order chi connectivity index (χ0) is 15.1. The molecule has 1 N–H and O–H groups in total. The summed E-state index contributed by atoms with van der Waals surface area (Å²) >= 11 is 0. The predicted molar refractivity (Wildman–Crippen MR) is 82.8 cm³/mol. The molecule has 0 heterocycles. The summed E-state index contributed by atoms with van der Waals surface area (Å²) in [7, 11) is 1.74. The Morgan fingerprint density at radius 2 is 1.90 bits per heavy atom. The molecule has 1 rings (SSSR count). The van der Waals surface area contributed by atoms with Crippen LogP contribution in [0.15, 0.2) is 24.3 Å². The van der Waals surface area contributed by atoms with E-state index in [1.807, 2.05) is 38.1 Å². The minimum Gasteiger partial charge on any atom is -0.324 e. The van der Waals surface area contributed by atoms with E-state index >= 15 is 0 Å². The van der Waals surface area contributed by atoms with Crippen LogP contribution in [0.25, 0.3) is 0 Å². The number of hydrogen-bond donors (Lipinski definition) is 1. The van der Waals surface area contributed by atoms with Crippen LogP contribution >= 0.6 is 0 Å². The van der Waals surface area contributed by atoms with Crippen LogP contribution < -0.4 is 10.2 Å². The summed E-state index contributed by atoms with van der Waals surface area (Å²) in [6, 6.07) is 7.38. The van der Waals surface area contributed by atoms with Crippen LogP contribution in [0.4, 0.5) is 11.4 Å². The van der Waals surface area contributed by atoms with Gasteiger partial charge in [0, 0.05) is 19.4 Å². The number of hydrogen-bond acceptors (Lipinski definition) is 2. The lowest BCUT2D eigenvalue weighted by atomic mass is 10.1. The van der Waals surface area contributed by atoms with Gasteiger partial charge in [0.25, 0.3) is 0 Å². The number of carbonyl (C=O) groups is 2. The van der Waals surface area contributed by atoms with Crippen LogP contribution in [0.2, 0.25) is 0 Å². The average Bonchev–Trinajstić information content (AvgIpc) is 2.44. The molecule has 0 radical (unpaired) electrons. The number of anilines is 2. The van der Waals surface area contributed by atoms with Crippen molar-refractivity contribution >= 4 is 23.2 Å². The van der Waals surface area contributed by atoms with Crippen molar-refractivity contribution in [2.75, 3.05) is 17.3 Å². The standard InChI is InChI=1S/C16H24N2O2/c1-5-6-11-15(19)17-13-9-7-8-10-14(13)18(4)16(20)12(2)3/h7-10,12H,5-6,11H2,1-4H3,(H,17,19). The van der Waals surface area contributed by atoms with E-state index in [2.05, 4.69) is 12.2 Å². The van der Waals surface area contributed by atoms with Gasteiger partial charge in [0.1, 0.15) is 0 Å². The average molecular weight is 276 g/mol. The highest BCUT2D eigenvalue weighted by atomic mass is 16.2. The summed E-state index contributed by atoms with van der Waals surface area (Å²) in [6.07, 6.45) is 2.36. The summed E-state index contributed by atoms with van der Waals surface area (Å²) in [5, 5.41) is 2.89. The first-order chi connectivity index (χ1) is 9.47. The van der Waals surface area contributed by atoms with E-state index in [0.717, 1.165) is 18.5 Å². The maximum Gasteiger partial charge on any atom is 0.229 e. The number of nitrogens with zero attached hydrogens (tertiary/aromatic N) is 1. The first-order valence-electron chi connectivity index (χ1n) is 7.13. The molecule has 0 fully saturated rings. The van der Waals surface area contributed by atoms with Crippen LogP contribution in [0, 0.1) is 5.92 Å². The second-order valence-electron chi connectivity index (χ2n) is 5.22. The molecule has 0 saturated carbocycles. The Morgan fingerprint density at radius 1 is 1.25 bits per heavy atom. The van der Waals surface area contributed by atoms with Crippen molar-refractivity contribution in [3.05, 3.63) is 24.3 Å². The lowest BCUT2D eigenvalue weighted by Gasteiger charge is -2.22. The smallest absolute Gasteiger partial charge is 0.229 e. The van der Waals surface area contributed by atoms with Crippen LogP contribution in [0.1, 0.15) is 40.0 Å². The van der Waals surface area contributed by atoms with Crippen molar-refractivity contribution < 1.29 is 9.59 Å². The number of carbonyl (C=O) groups excluding carboxylic acids is 2. The molecule has 0 spiro atoms. The number of unbranched alkanes of at least 4 members (excludes halogenated alkanes) is 1. The zero-order valence-electron chi connectivity index (χ0n) is 12.8. The van der Waals surface area contributed by atoms with Crippen LogP contribution in [-0.4, -0.2) is 18.9 Å². The van der Waals surface area contributed by atoms with Gasteiger partial charge < -0.3 is 10.2 Å². The number of benzene rings is 1. The number of amides is 2. The molecule has 110 valence electrons. The van der Waals surface area contributed by atoms with Gasteiger partial charge in [0.05, 0.1) is 11.4 Å². The van der Waals surface area contributed by atoms with Gasteiger partial charge in [0.15, 0.2) is 0 Å². The predicted octanol–water partition coefficient (Wildman–Crippen LogP) is 3.43. The minimum atomic E-state index is -0.0798. The normalized spacial score (nSPS) is 10.4. The molecule has 0 atom stereocenters. The van der Waals surface area contributed by atoms with Gasteiger partial charge >= 0.3 is 0 Å². The van der Waals surface area contributed by atoms with Gasteiger partial charge in [-0.1, -0.05) is 39.3 Å². The maximum absolute atomic E-state index is 12.1. The van der Waals surface area contributed by atoms with E-state index in [0.29, 0.717) is 12.1 Å². The Balaban J connectivity index is 2.88. The fourth-order valence-electron chi connectivity index (χ4n) is 1.93. The fourth-order valence-corrected chi connectivity index (χ4v) is 1.93. The third kappa shape index (κ3) is 4.37. The Kier molecular flexibility index (Phi) is 6.22. The first kappa shape index (κ1) is 16.2. The molecule has 0 unspecified atom stereocenters. The van der Waals surface area contributed by atoms with Crippen molar-refractivity contribution in [2.24, 2.45) is 5.92 Å². The van der Waals surface area contributed by atoms with E-state index in [-0.39, 0.29) is 17.7 Å². The van der Waals surface area contributed by atoms with E-state index < -0.39 is 0 Å². The third-order valence-electron chi connectivity index (χ3n) is 3.12. The van der Waals surface area contributed by atoms with E-state index in [1.54, 1.807) is 11.9 Å². The molecule has 0 saturated heterocycles. The monoisotopic (exact) mass is 276 g/mol. The lowest BCUT2D eigenvalue weighted by molar-refractivity contribution is -0.121. The molecule has 0 aliphatic carbocycles. The molecule has 0 bridgehead atoms. The molecule has 2 amide bonds. The highest BCUT2D eigenvalue weighted by molar-refractivity contribution is 6.01. The van der Waals surface area contributed by atoms with Crippen LogP contribution in [0.3, 0.4) is 0 Å². The Morgan fingerprint density at radius 3 is 2.50 bits per heavy atom. The highest BCUT2D eigenvalue weighted by Crippen LogP contribution is 2.26. The van der Waals surface area contributed by atoms with Crippen LogP contribution in [-0.2, 0) is 9.59 Å². The number of nitrogens with one attached hydrogen (secondary N) is 1. The van der Waals surface area contributed by atoms with E-state index in [1.165, 1.54) is 0 Å². The molecule has 0 aromatic heterocycles. The summed E-state index contributed by atoms with van der Waals surface area (Å²) in [4.78, 5) is 25.5. The second kappa shape index (κ2) is 7.68. The SMILES string of the molecule is CCCCC(=O)Nc1ccccc1N(C)C(=O)C(C)C. The van der Waals surface area contributed by atoms with Crippen molar-refractivity contribution in [3.63, 3.8) is 0 Å².